The van der Waals surface area contributed by atoms with Crippen LogP contribution in [0.5, 0.6) is 0 Å². The van der Waals surface area contributed by atoms with Crippen LogP contribution in [0.25, 0.3) is 33.4 Å². The first-order valence-corrected chi connectivity index (χ1v) is 27.8. The SMILES string of the molecule is CO[C@@H](C)c1ncccc1-c1c2c3cc(ccc3n1CC(F)(F)F)-c1csc(n1)C[C@H](NC(=O)[C@H](C1CCCC1)N1CCOC3(CN(C(=O)[C@H]4[C@@H](C5CC5)N4C)C3)C1)C(=O)N1CCC[C@@H](CC(=O)OCC(C)(C)C2)N1. The number of methoxy groups -OCH3 is 1. The number of hydrogen-bond donors (Lipinski definition) is 2. The molecule has 2 saturated carbocycles. The fraction of sp³-hybridized carbons (Fsp3) is 0.636. The second-order valence-electron chi connectivity index (χ2n) is 23.3. The summed E-state index contributed by atoms with van der Waals surface area (Å²) in [6.07, 6.45) is 4.14. The number of esters is 1. The Morgan fingerprint density at radius 3 is 2.56 bits per heavy atom. The fourth-order valence-corrected chi connectivity index (χ4v) is 13.9. The van der Waals surface area contributed by atoms with E-state index in [-0.39, 0.29) is 55.6 Å². The van der Waals surface area contributed by atoms with E-state index in [2.05, 4.69) is 25.5 Å². The second kappa shape index (κ2) is 20.4. The Morgan fingerprint density at radius 2 is 1.81 bits per heavy atom. The van der Waals surface area contributed by atoms with Gasteiger partial charge in [0.2, 0.25) is 11.8 Å². The summed E-state index contributed by atoms with van der Waals surface area (Å²) in [5.74, 6) is -0.199. The summed E-state index contributed by atoms with van der Waals surface area (Å²) in [6, 6.07) is 7.14. The van der Waals surface area contributed by atoms with Gasteiger partial charge in [-0.15, -0.1) is 11.3 Å². The van der Waals surface area contributed by atoms with E-state index in [1.54, 1.807) is 30.5 Å². The van der Waals surface area contributed by atoms with Gasteiger partial charge in [0.25, 0.3) is 5.91 Å². The summed E-state index contributed by atoms with van der Waals surface area (Å²) in [5.41, 5.74) is 5.59. The molecule has 6 bridgehead atoms. The molecular formula is C55H70F3N9O7S. The molecule has 1 spiro atoms. The van der Waals surface area contributed by atoms with Crippen LogP contribution in [0.4, 0.5) is 13.2 Å². The highest BCUT2D eigenvalue weighted by atomic mass is 32.1. The Hall–Kier alpha value is -4.99. The van der Waals surface area contributed by atoms with Gasteiger partial charge in [0.15, 0.2) is 0 Å². The molecule has 20 heteroatoms. The van der Waals surface area contributed by atoms with E-state index in [1.807, 2.05) is 44.2 Å². The molecule has 4 saturated heterocycles. The summed E-state index contributed by atoms with van der Waals surface area (Å²) in [6.45, 7) is 7.19. The largest absolute Gasteiger partial charge is 0.465 e. The number of carbonyl (C=O) groups excluding carboxylic acids is 4. The van der Waals surface area contributed by atoms with E-state index in [1.165, 1.54) is 40.9 Å². The lowest BCUT2D eigenvalue weighted by molar-refractivity contribution is -0.198. The summed E-state index contributed by atoms with van der Waals surface area (Å²) >= 11 is 1.36. The fourth-order valence-electron chi connectivity index (χ4n) is 13.0. The Bertz CT molecular complexity index is 2820. The number of benzene rings is 1. The van der Waals surface area contributed by atoms with Crippen LogP contribution in [0.1, 0.15) is 101 Å². The van der Waals surface area contributed by atoms with Gasteiger partial charge in [-0.3, -0.25) is 39.0 Å². The van der Waals surface area contributed by atoms with Gasteiger partial charge < -0.3 is 29.0 Å². The standard InChI is InChI=1S/C55H70F3N9O7S/c1-32(72-5)45-37(13-8-18-59-45)48-39-25-53(2,3)31-73-44(68)23-36-12-9-19-67(62-36)51(70)40(24-43-60-41(26-75-43)35-16-17-42(38(39)22-35)66(48)30-55(56,57)58)61-50(69)47(33-10-6-7-11-33)64-20-21-74-54(27-64)28-65(29-54)52(71)49-46(63(49)4)34-14-15-34/h8,13,16-18,22,26,32-34,36,40,46-47,49,62H,6-7,9-12,14-15,19-21,23-25,27-31H2,1-5H3,(H,61,69)/t32-,36-,40-,46+,47-,49+,63?/m0/s1. The molecule has 75 heavy (non-hydrogen) atoms. The predicted octanol–water partition coefficient (Wildman–Crippen LogP) is 6.70. The molecule has 5 aliphatic heterocycles. The molecule has 6 fully saturated rings. The quantitative estimate of drug-likeness (QED) is 0.128. The zero-order valence-electron chi connectivity index (χ0n) is 43.6. The number of halogens is 3. The van der Waals surface area contributed by atoms with Crippen LogP contribution < -0.4 is 10.7 Å². The van der Waals surface area contributed by atoms with E-state index in [0.29, 0.717) is 114 Å². The van der Waals surface area contributed by atoms with E-state index >= 15 is 4.79 Å². The first kappa shape index (κ1) is 52.1. The van der Waals surface area contributed by atoms with Gasteiger partial charge in [0.1, 0.15) is 24.2 Å². The lowest BCUT2D eigenvalue weighted by Crippen LogP contribution is -2.73. The number of likely N-dealkylation sites (N-methyl/N-ethyl adjacent to an activating group) is 1. The highest BCUT2D eigenvalue weighted by Crippen LogP contribution is 2.48. The Labute approximate surface area is 440 Å². The topological polar surface area (TPSA) is 163 Å². The molecule has 3 aromatic heterocycles. The van der Waals surface area contributed by atoms with E-state index in [0.717, 1.165) is 25.7 Å². The van der Waals surface area contributed by atoms with Gasteiger partial charge in [-0.1, -0.05) is 32.8 Å². The number of hydrogen-bond acceptors (Lipinski definition) is 13. The highest BCUT2D eigenvalue weighted by Gasteiger charge is 2.61. The van der Waals surface area contributed by atoms with Crippen molar-refractivity contribution in [3.63, 3.8) is 0 Å². The zero-order chi connectivity index (χ0) is 52.6. The van der Waals surface area contributed by atoms with Gasteiger partial charge >= 0.3 is 12.1 Å². The first-order chi connectivity index (χ1) is 35.9. The van der Waals surface area contributed by atoms with Crippen molar-refractivity contribution in [2.45, 2.75) is 146 Å². The average Bonchev–Trinajstić information content (AvgIpc) is 4.14. The molecule has 404 valence electrons. The molecule has 1 unspecified atom stereocenters. The van der Waals surface area contributed by atoms with Crippen molar-refractivity contribution >= 4 is 45.9 Å². The molecule has 3 amide bonds. The second-order valence-corrected chi connectivity index (χ2v) is 24.2. The lowest BCUT2D eigenvalue weighted by atomic mass is 9.84. The highest BCUT2D eigenvalue weighted by molar-refractivity contribution is 7.10. The molecule has 7 atom stereocenters. The molecule has 0 radical (unpaired) electrons. The van der Waals surface area contributed by atoms with Crippen molar-refractivity contribution in [1.82, 2.24) is 45.0 Å². The van der Waals surface area contributed by atoms with Crippen molar-refractivity contribution < 1.29 is 46.6 Å². The summed E-state index contributed by atoms with van der Waals surface area (Å²) in [5, 5.41) is 7.86. The number of carbonyl (C=O) groups is 4. The number of likely N-dealkylation sites (tertiary alicyclic amines) is 1. The number of alkyl halides is 3. The Balaban J connectivity index is 0.922. The molecule has 8 heterocycles. The van der Waals surface area contributed by atoms with Gasteiger partial charge in [-0.25, -0.2) is 10.4 Å². The third-order valence-corrected chi connectivity index (χ3v) is 17.8. The number of pyridine rings is 1. The number of hydrazine groups is 1. The van der Waals surface area contributed by atoms with Crippen molar-refractivity contribution in [3.05, 3.63) is 58.2 Å². The average molecular weight is 1060 g/mol. The van der Waals surface area contributed by atoms with Crippen molar-refractivity contribution in [1.29, 1.82) is 0 Å². The summed E-state index contributed by atoms with van der Waals surface area (Å²) < 4.78 is 63.7. The molecule has 16 nitrogen and oxygen atoms in total. The maximum absolute atomic E-state index is 15.1. The van der Waals surface area contributed by atoms with Crippen LogP contribution in [0, 0.1) is 17.3 Å². The van der Waals surface area contributed by atoms with Crippen molar-refractivity contribution in [2.75, 3.05) is 60.1 Å². The van der Waals surface area contributed by atoms with Crippen LogP contribution in [0.2, 0.25) is 0 Å². The molecular weight excluding hydrogens is 988 g/mol. The van der Waals surface area contributed by atoms with Crippen molar-refractivity contribution in [2.24, 2.45) is 17.3 Å². The number of nitrogens with one attached hydrogen (secondary N) is 2. The van der Waals surface area contributed by atoms with Crippen LogP contribution in [-0.4, -0.2) is 160 Å². The van der Waals surface area contributed by atoms with Gasteiger partial charge in [0, 0.05) is 84.3 Å². The van der Waals surface area contributed by atoms with Crippen molar-refractivity contribution in [3.8, 4) is 22.5 Å². The van der Waals surface area contributed by atoms with Crippen LogP contribution in [-0.2, 0) is 52.8 Å². The molecule has 2 aliphatic carbocycles. The minimum Gasteiger partial charge on any atom is -0.465 e. The predicted molar refractivity (Wildman–Crippen MR) is 275 cm³/mol. The number of morpholine rings is 1. The summed E-state index contributed by atoms with van der Waals surface area (Å²) in [4.78, 5) is 73.5. The van der Waals surface area contributed by atoms with Gasteiger partial charge in [-0.2, -0.15) is 13.2 Å². The van der Waals surface area contributed by atoms with Crippen LogP contribution in [0.3, 0.4) is 0 Å². The normalized spacial score (nSPS) is 27.3. The number of ether oxygens (including phenoxy) is 3. The zero-order valence-corrected chi connectivity index (χ0v) is 44.4. The number of aromatic nitrogens is 3. The third kappa shape index (κ3) is 10.7. The number of cyclic esters (lactones) is 1. The number of rotatable bonds is 10. The maximum Gasteiger partial charge on any atom is 0.406 e. The van der Waals surface area contributed by atoms with E-state index in [9.17, 15) is 27.6 Å². The third-order valence-electron chi connectivity index (χ3n) is 17.0. The Kier molecular flexibility index (Phi) is 14.2. The van der Waals surface area contributed by atoms with E-state index < -0.39 is 53.9 Å². The van der Waals surface area contributed by atoms with Crippen LogP contribution in [0.15, 0.2) is 41.9 Å². The first-order valence-electron chi connectivity index (χ1n) is 27.0. The molecule has 4 aromatic rings. The maximum atomic E-state index is 15.1. The van der Waals surface area contributed by atoms with Crippen LogP contribution >= 0.6 is 11.3 Å². The molecule has 7 aliphatic rings. The monoisotopic (exact) mass is 1060 g/mol. The molecule has 2 N–H and O–H groups in total. The summed E-state index contributed by atoms with van der Waals surface area (Å²) in [7, 11) is 3.57. The molecule has 11 rings (SSSR count). The number of amides is 3. The molecule has 1 aromatic carbocycles. The number of nitrogens with zero attached hydrogens (tertiary/aromatic N) is 7. The van der Waals surface area contributed by atoms with Gasteiger partial charge in [0.05, 0.1) is 67.0 Å². The number of thiazole rings is 1. The lowest BCUT2D eigenvalue weighted by Gasteiger charge is -2.55. The smallest absolute Gasteiger partial charge is 0.406 e. The van der Waals surface area contributed by atoms with E-state index in [4.69, 9.17) is 19.2 Å². The Morgan fingerprint density at radius 1 is 1.03 bits per heavy atom. The minimum absolute atomic E-state index is 0.0220. The van der Waals surface area contributed by atoms with Gasteiger partial charge in [-0.05, 0) is 101 Å². The minimum atomic E-state index is -4.58. The number of fused-ring (bicyclic) bond motifs is 6.